The number of hydrogen-bond acceptors (Lipinski definition) is 2. The molecule has 3 rings (SSSR count). The Kier molecular flexibility index (Phi) is 3.62. The van der Waals surface area contributed by atoms with E-state index in [1.54, 1.807) is 11.3 Å². The Labute approximate surface area is 127 Å². The average Bonchev–Trinajstić information content (AvgIpc) is 3.01. The molecular weight excluding hydrogens is 317 g/mol. The molecule has 2 heterocycles. The summed E-state index contributed by atoms with van der Waals surface area (Å²) in [7, 11) is 0. The van der Waals surface area contributed by atoms with Crippen molar-refractivity contribution in [3.05, 3.63) is 50.9 Å². The van der Waals surface area contributed by atoms with Gasteiger partial charge in [-0.2, -0.15) is 24.5 Å². The molecule has 0 aliphatic rings. The van der Waals surface area contributed by atoms with Crippen molar-refractivity contribution in [2.45, 2.75) is 19.1 Å². The third kappa shape index (κ3) is 2.89. The van der Waals surface area contributed by atoms with Crippen molar-refractivity contribution >= 4 is 34.6 Å². The number of fused-ring (bicyclic) bond motifs is 1. The zero-order valence-corrected chi connectivity index (χ0v) is 12.4. The van der Waals surface area contributed by atoms with Gasteiger partial charge in [0.1, 0.15) is 0 Å². The molecule has 3 aromatic rings. The SMILES string of the molecule is FC(F)(F)c1ccc2c(c1)[nH]c(=S)n2CCc1ccsc1. The molecule has 2 aromatic heterocycles. The summed E-state index contributed by atoms with van der Waals surface area (Å²) in [5.41, 5.74) is 1.64. The Hall–Kier alpha value is -1.60. The Morgan fingerprint density at radius 1 is 1.24 bits per heavy atom. The van der Waals surface area contributed by atoms with Crippen LogP contribution in [0.15, 0.2) is 35.0 Å². The third-order valence-corrected chi connectivity index (χ3v) is 4.36. The Balaban J connectivity index is 1.96. The summed E-state index contributed by atoms with van der Waals surface area (Å²) in [5.74, 6) is 0. The average molecular weight is 328 g/mol. The van der Waals surface area contributed by atoms with Crippen LogP contribution in [0.2, 0.25) is 0 Å². The quantitative estimate of drug-likeness (QED) is 0.669. The second-order valence-corrected chi connectivity index (χ2v) is 5.86. The van der Waals surface area contributed by atoms with Gasteiger partial charge in [-0.1, -0.05) is 0 Å². The molecule has 0 aliphatic carbocycles. The van der Waals surface area contributed by atoms with Gasteiger partial charge in [0.25, 0.3) is 0 Å². The largest absolute Gasteiger partial charge is 0.416 e. The maximum Gasteiger partial charge on any atom is 0.416 e. The minimum absolute atomic E-state index is 0.417. The molecule has 0 atom stereocenters. The second kappa shape index (κ2) is 5.31. The van der Waals surface area contributed by atoms with Crippen molar-refractivity contribution in [3.63, 3.8) is 0 Å². The summed E-state index contributed by atoms with van der Waals surface area (Å²) < 4.78 is 40.4. The standard InChI is InChI=1S/C14H11F3N2S2/c15-14(16,17)10-1-2-12-11(7-10)18-13(20)19(12)5-3-9-4-6-21-8-9/h1-2,4,6-8H,3,5H2,(H,18,20). The zero-order valence-electron chi connectivity index (χ0n) is 10.8. The minimum Gasteiger partial charge on any atom is -0.331 e. The van der Waals surface area contributed by atoms with Crippen LogP contribution < -0.4 is 0 Å². The monoisotopic (exact) mass is 328 g/mol. The van der Waals surface area contributed by atoms with Gasteiger partial charge >= 0.3 is 6.18 Å². The molecule has 2 nitrogen and oxygen atoms in total. The van der Waals surface area contributed by atoms with Gasteiger partial charge in [-0.15, -0.1) is 0 Å². The number of benzene rings is 1. The van der Waals surface area contributed by atoms with Crippen LogP contribution in [0, 0.1) is 4.77 Å². The van der Waals surface area contributed by atoms with Crippen molar-refractivity contribution in [3.8, 4) is 0 Å². The molecule has 0 spiro atoms. The second-order valence-electron chi connectivity index (χ2n) is 4.69. The van der Waals surface area contributed by atoms with E-state index in [2.05, 4.69) is 10.4 Å². The Morgan fingerprint density at radius 2 is 2.05 bits per heavy atom. The van der Waals surface area contributed by atoms with E-state index in [4.69, 9.17) is 12.2 Å². The van der Waals surface area contributed by atoms with Gasteiger partial charge in [0.15, 0.2) is 4.77 Å². The molecule has 110 valence electrons. The van der Waals surface area contributed by atoms with Crippen LogP contribution in [-0.4, -0.2) is 9.55 Å². The van der Waals surface area contributed by atoms with Gasteiger partial charge in [0, 0.05) is 6.54 Å². The highest BCUT2D eigenvalue weighted by Gasteiger charge is 2.30. The van der Waals surface area contributed by atoms with Gasteiger partial charge in [0.05, 0.1) is 16.6 Å². The van der Waals surface area contributed by atoms with Gasteiger partial charge < -0.3 is 9.55 Å². The molecule has 7 heteroatoms. The molecule has 0 saturated heterocycles. The fourth-order valence-corrected chi connectivity index (χ4v) is 3.24. The van der Waals surface area contributed by atoms with E-state index in [9.17, 15) is 13.2 Å². The maximum atomic E-state index is 12.7. The lowest BCUT2D eigenvalue weighted by molar-refractivity contribution is -0.137. The minimum atomic E-state index is -4.34. The zero-order chi connectivity index (χ0) is 15.0. The lowest BCUT2D eigenvalue weighted by Crippen LogP contribution is -2.05. The number of thiophene rings is 1. The first-order valence-electron chi connectivity index (χ1n) is 6.26. The summed E-state index contributed by atoms with van der Waals surface area (Å²) in [5, 5.41) is 4.06. The first-order chi connectivity index (χ1) is 9.95. The number of nitrogens with zero attached hydrogens (tertiary/aromatic N) is 1. The number of H-pyrrole nitrogens is 1. The van der Waals surface area contributed by atoms with Gasteiger partial charge in [0.2, 0.25) is 0 Å². The van der Waals surface area contributed by atoms with Gasteiger partial charge in [-0.25, -0.2) is 0 Å². The van der Waals surface area contributed by atoms with Crippen molar-refractivity contribution in [2.75, 3.05) is 0 Å². The predicted molar refractivity (Wildman–Crippen MR) is 80.1 cm³/mol. The first-order valence-corrected chi connectivity index (χ1v) is 7.61. The highest BCUT2D eigenvalue weighted by Crippen LogP contribution is 2.31. The van der Waals surface area contributed by atoms with Crippen LogP contribution in [0.25, 0.3) is 11.0 Å². The number of imidazole rings is 1. The number of aromatic nitrogens is 2. The highest BCUT2D eigenvalue weighted by molar-refractivity contribution is 7.71. The molecule has 0 aliphatic heterocycles. The summed E-state index contributed by atoms with van der Waals surface area (Å²) in [6.07, 6.45) is -3.55. The lowest BCUT2D eigenvalue weighted by atomic mass is 10.2. The molecule has 21 heavy (non-hydrogen) atoms. The van der Waals surface area contributed by atoms with Gasteiger partial charge in [-0.05, 0) is 59.2 Å². The van der Waals surface area contributed by atoms with Crippen molar-refractivity contribution in [1.82, 2.24) is 9.55 Å². The van der Waals surface area contributed by atoms with Crippen LogP contribution in [0.5, 0.6) is 0 Å². The molecule has 0 bridgehead atoms. The van der Waals surface area contributed by atoms with Crippen LogP contribution in [0.1, 0.15) is 11.1 Å². The summed E-state index contributed by atoms with van der Waals surface area (Å²) in [6, 6.07) is 5.70. The van der Waals surface area contributed by atoms with E-state index < -0.39 is 11.7 Å². The molecule has 1 aromatic carbocycles. The molecule has 0 radical (unpaired) electrons. The summed E-state index contributed by atoms with van der Waals surface area (Å²) >= 11 is 6.83. The molecule has 1 N–H and O–H groups in total. The fourth-order valence-electron chi connectivity index (χ4n) is 2.24. The topological polar surface area (TPSA) is 20.7 Å². The number of rotatable bonds is 3. The van der Waals surface area contributed by atoms with E-state index in [0.717, 1.165) is 18.6 Å². The summed E-state index contributed by atoms with van der Waals surface area (Å²) in [6.45, 7) is 0.640. The van der Waals surface area contributed by atoms with E-state index >= 15 is 0 Å². The normalized spacial score (nSPS) is 12.1. The van der Waals surface area contributed by atoms with E-state index in [1.807, 2.05) is 16.0 Å². The van der Waals surface area contributed by atoms with Crippen molar-refractivity contribution in [1.29, 1.82) is 0 Å². The Bertz CT molecular complexity index is 813. The van der Waals surface area contributed by atoms with Crippen molar-refractivity contribution in [2.24, 2.45) is 0 Å². The smallest absolute Gasteiger partial charge is 0.331 e. The number of halogens is 3. The number of aryl methyl sites for hydroxylation is 2. The number of nitrogens with one attached hydrogen (secondary N) is 1. The number of aromatic amines is 1. The highest BCUT2D eigenvalue weighted by atomic mass is 32.1. The van der Waals surface area contributed by atoms with Crippen LogP contribution >= 0.6 is 23.6 Å². The van der Waals surface area contributed by atoms with E-state index in [-0.39, 0.29) is 0 Å². The molecule has 0 amide bonds. The lowest BCUT2D eigenvalue weighted by Gasteiger charge is -2.07. The van der Waals surface area contributed by atoms with Crippen LogP contribution in [0.4, 0.5) is 13.2 Å². The molecular formula is C14H11F3N2S2. The molecule has 0 unspecified atom stereocenters. The predicted octanol–water partition coefficient (Wildman–Crippen LogP) is 5.02. The molecule has 0 fully saturated rings. The third-order valence-electron chi connectivity index (χ3n) is 3.31. The van der Waals surface area contributed by atoms with Gasteiger partial charge in [-0.3, -0.25) is 0 Å². The molecule has 0 saturated carbocycles. The number of hydrogen-bond donors (Lipinski definition) is 1. The summed E-state index contributed by atoms with van der Waals surface area (Å²) in [4.78, 5) is 2.85. The van der Waals surface area contributed by atoms with Crippen molar-refractivity contribution < 1.29 is 13.2 Å². The fraction of sp³-hybridized carbons (Fsp3) is 0.214. The van der Waals surface area contributed by atoms with Crippen LogP contribution in [-0.2, 0) is 19.1 Å². The maximum absolute atomic E-state index is 12.7. The number of alkyl halides is 3. The van der Waals surface area contributed by atoms with Crippen LogP contribution in [0.3, 0.4) is 0 Å². The van der Waals surface area contributed by atoms with E-state index in [0.29, 0.717) is 22.3 Å². The first kappa shape index (κ1) is 14.3. The Morgan fingerprint density at radius 3 is 2.71 bits per heavy atom. The van der Waals surface area contributed by atoms with E-state index in [1.165, 1.54) is 11.6 Å².